The summed E-state index contributed by atoms with van der Waals surface area (Å²) in [6, 6.07) is 0. The molecule has 0 fully saturated rings. The van der Waals surface area contributed by atoms with Gasteiger partial charge in [-0.3, -0.25) is 4.79 Å². The van der Waals surface area contributed by atoms with E-state index >= 15 is 0 Å². The molecule has 168 valence electrons. The average molecular weight is 390 g/mol. The maximum atomic E-state index is 11.1. The molecular weight excluding hydrogens is 334 g/mol. The summed E-state index contributed by atoms with van der Waals surface area (Å²) in [4.78, 5) is 11.1. The van der Waals surface area contributed by atoms with Crippen molar-refractivity contribution in [2.75, 3.05) is 13.2 Å². The molecule has 0 aromatic carbocycles. The minimum absolute atomic E-state index is 0. The lowest BCUT2D eigenvalue weighted by atomic mass is 10.0. The molecule has 0 aliphatic heterocycles. The van der Waals surface area contributed by atoms with E-state index in [1.54, 1.807) is 0 Å². The smallest absolute Gasteiger partial charge is 0.132 e. The Labute approximate surface area is 173 Å². The molecule has 0 atom stereocenters. The van der Waals surface area contributed by atoms with Gasteiger partial charge in [0.25, 0.3) is 0 Å². The van der Waals surface area contributed by atoms with Crippen molar-refractivity contribution in [3.05, 3.63) is 0 Å². The van der Waals surface area contributed by atoms with Gasteiger partial charge < -0.3 is 10.8 Å². The lowest BCUT2D eigenvalue weighted by molar-refractivity contribution is -0.118. The van der Waals surface area contributed by atoms with E-state index in [1.165, 1.54) is 77.0 Å². The van der Waals surface area contributed by atoms with Crippen LogP contribution in [-0.4, -0.2) is 24.0 Å². The topological polar surface area (TPSA) is 63.3 Å². The summed E-state index contributed by atoms with van der Waals surface area (Å²) in [5, 5.41) is 8.64. The Morgan fingerprint density at radius 1 is 0.815 bits per heavy atom. The Bertz CT molecular complexity index is 273. The standard InChI is InChI=1S/C16H32O2.C7H17N.CH4.H2/c1-2-16(18)14-12-10-8-6-4-3-5-7-9-11-13-15-17;1-7(2)5-3-4-6-8;;/h17H,2-15H2,1H3;7H,3-6,8H2,1-2H3;1H4;1H. The van der Waals surface area contributed by atoms with Crippen molar-refractivity contribution < 1.29 is 11.3 Å². The highest BCUT2D eigenvalue weighted by molar-refractivity contribution is 5.77. The molecule has 0 unspecified atom stereocenters. The van der Waals surface area contributed by atoms with Gasteiger partial charge >= 0.3 is 0 Å². The zero-order valence-electron chi connectivity index (χ0n) is 18.2. The van der Waals surface area contributed by atoms with Crippen LogP contribution in [-0.2, 0) is 4.79 Å². The molecule has 0 aromatic heterocycles. The normalized spacial score (nSPS) is 10.3. The van der Waals surface area contributed by atoms with Crippen molar-refractivity contribution in [2.45, 2.75) is 131 Å². The molecule has 0 saturated heterocycles. The fraction of sp³-hybridized carbons (Fsp3) is 0.958. The van der Waals surface area contributed by atoms with Crippen LogP contribution < -0.4 is 5.73 Å². The lowest BCUT2D eigenvalue weighted by Gasteiger charge is -2.02. The highest BCUT2D eigenvalue weighted by Crippen LogP contribution is 2.12. The van der Waals surface area contributed by atoms with Crippen molar-refractivity contribution in [3.63, 3.8) is 0 Å². The second kappa shape index (κ2) is 27.8. The van der Waals surface area contributed by atoms with Crippen LogP contribution in [0.2, 0.25) is 0 Å². The van der Waals surface area contributed by atoms with E-state index < -0.39 is 0 Å². The molecular formula is C24H55NO2. The van der Waals surface area contributed by atoms with Crippen LogP contribution in [0.4, 0.5) is 0 Å². The molecule has 0 aliphatic rings. The summed E-state index contributed by atoms with van der Waals surface area (Å²) in [5.41, 5.74) is 5.31. The van der Waals surface area contributed by atoms with Gasteiger partial charge in [0.2, 0.25) is 0 Å². The van der Waals surface area contributed by atoms with Gasteiger partial charge in [0, 0.05) is 20.9 Å². The zero-order valence-corrected chi connectivity index (χ0v) is 18.2. The average Bonchev–Trinajstić information content (AvgIpc) is 2.63. The number of rotatable bonds is 18. The largest absolute Gasteiger partial charge is 0.396 e. The molecule has 0 amide bonds. The van der Waals surface area contributed by atoms with Crippen molar-refractivity contribution in [3.8, 4) is 0 Å². The molecule has 0 aromatic rings. The summed E-state index contributed by atoms with van der Waals surface area (Å²) in [7, 11) is 0. The first kappa shape index (κ1) is 31.3. The third kappa shape index (κ3) is 33.6. The summed E-state index contributed by atoms with van der Waals surface area (Å²) < 4.78 is 0. The van der Waals surface area contributed by atoms with Gasteiger partial charge in [-0.2, -0.15) is 0 Å². The molecule has 0 spiro atoms. The van der Waals surface area contributed by atoms with Gasteiger partial charge in [-0.1, -0.05) is 98.8 Å². The number of hydrogen-bond acceptors (Lipinski definition) is 3. The van der Waals surface area contributed by atoms with Gasteiger partial charge in [0.15, 0.2) is 0 Å². The van der Waals surface area contributed by atoms with E-state index in [4.69, 9.17) is 10.8 Å². The number of unbranched alkanes of at least 4 members (excludes halogenated alkanes) is 11. The van der Waals surface area contributed by atoms with E-state index in [0.717, 1.165) is 31.7 Å². The Morgan fingerprint density at radius 2 is 1.26 bits per heavy atom. The second-order valence-electron chi connectivity index (χ2n) is 7.93. The van der Waals surface area contributed by atoms with E-state index in [9.17, 15) is 4.79 Å². The van der Waals surface area contributed by atoms with Crippen LogP contribution in [0.3, 0.4) is 0 Å². The Morgan fingerprint density at radius 3 is 1.63 bits per heavy atom. The Hall–Kier alpha value is -0.410. The number of aliphatic hydroxyl groups is 1. The summed E-state index contributed by atoms with van der Waals surface area (Å²) in [5.74, 6) is 1.26. The Balaban J connectivity index is -0.000000246. The number of ketones is 1. The maximum Gasteiger partial charge on any atom is 0.132 e. The second-order valence-corrected chi connectivity index (χ2v) is 7.93. The van der Waals surface area contributed by atoms with Gasteiger partial charge in [-0.05, 0) is 31.7 Å². The van der Waals surface area contributed by atoms with Crippen molar-refractivity contribution >= 4 is 5.78 Å². The molecule has 0 heterocycles. The first-order chi connectivity index (χ1) is 12.6. The number of Topliss-reactive ketones (excluding diaryl/α,β-unsaturated/α-hetero) is 1. The fourth-order valence-electron chi connectivity index (χ4n) is 2.90. The molecule has 0 aliphatic carbocycles. The van der Waals surface area contributed by atoms with Crippen LogP contribution in [0.5, 0.6) is 0 Å². The predicted octanol–water partition coefficient (Wildman–Crippen LogP) is 7.29. The number of nitrogens with two attached hydrogens (primary N) is 1. The lowest BCUT2D eigenvalue weighted by Crippen LogP contribution is -1.98. The summed E-state index contributed by atoms with van der Waals surface area (Å²) >= 11 is 0. The van der Waals surface area contributed by atoms with E-state index in [-0.39, 0.29) is 8.85 Å². The minimum Gasteiger partial charge on any atom is -0.396 e. The predicted molar refractivity (Wildman–Crippen MR) is 124 cm³/mol. The van der Waals surface area contributed by atoms with Crippen LogP contribution >= 0.6 is 0 Å². The van der Waals surface area contributed by atoms with E-state index in [1.807, 2.05) is 6.92 Å². The number of carbonyl (C=O) groups is 1. The van der Waals surface area contributed by atoms with Gasteiger partial charge in [0.05, 0.1) is 0 Å². The minimum atomic E-state index is 0. The third-order valence-electron chi connectivity index (χ3n) is 4.74. The zero-order chi connectivity index (χ0) is 19.9. The van der Waals surface area contributed by atoms with Crippen LogP contribution in [0.15, 0.2) is 0 Å². The monoisotopic (exact) mass is 389 g/mol. The summed E-state index contributed by atoms with van der Waals surface area (Å²) in [6.45, 7) is 7.64. The number of aliphatic hydroxyl groups excluding tert-OH is 1. The molecule has 0 bridgehead atoms. The fourth-order valence-corrected chi connectivity index (χ4v) is 2.90. The van der Waals surface area contributed by atoms with E-state index in [2.05, 4.69) is 13.8 Å². The number of hydrogen-bond donors (Lipinski definition) is 2. The van der Waals surface area contributed by atoms with Crippen LogP contribution in [0, 0.1) is 5.92 Å². The van der Waals surface area contributed by atoms with Crippen molar-refractivity contribution in [1.29, 1.82) is 0 Å². The molecule has 0 rings (SSSR count). The maximum absolute atomic E-state index is 11.1. The van der Waals surface area contributed by atoms with Crippen molar-refractivity contribution in [1.82, 2.24) is 0 Å². The van der Waals surface area contributed by atoms with Gasteiger partial charge in [0.1, 0.15) is 5.78 Å². The summed E-state index contributed by atoms with van der Waals surface area (Å²) in [6.07, 6.45) is 19.1. The first-order valence-electron chi connectivity index (χ1n) is 11.4. The van der Waals surface area contributed by atoms with Gasteiger partial charge in [-0.15, -0.1) is 0 Å². The molecule has 0 radical (unpaired) electrons. The number of carbonyl (C=O) groups excluding carboxylic acids is 1. The highest BCUT2D eigenvalue weighted by atomic mass is 16.2. The van der Waals surface area contributed by atoms with Crippen molar-refractivity contribution in [2.24, 2.45) is 11.7 Å². The molecule has 27 heavy (non-hydrogen) atoms. The Kier molecular flexibility index (Phi) is 32.2. The molecule has 0 saturated carbocycles. The first-order valence-corrected chi connectivity index (χ1v) is 11.4. The quantitative estimate of drug-likeness (QED) is 0.242. The van der Waals surface area contributed by atoms with Gasteiger partial charge in [-0.25, -0.2) is 0 Å². The molecule has 3 heteroatoms. The highest BCUT2D eigenvalue weighted by Gasteiger charge is 1.97. The molecule has 3 N–H and O–H groups in total. The van der Waals surface area contributed by atoms with Crippen LogP contribution in [0.25, 0.3) is 0 Å². The van der Waals surface area contributed by atoms with E-state index in [0.29, 0.717) is 18.8 Å². The molecule has 3 nitrogen and oxygen atoms in total. The third-order valence-corrected chi connectivity index (χ3v) is 4.74. The SMILES string of the molecule is C.CC(C)CCCCN.CCC(=O)CCCCCCCCCCCCCO.[HH]. The van der Waals surface area contributed by atoms with Crippen LogP contribution in [0.1, 0.15) is 132 Å².